The second kappa shape index (κ2) is 10.2. The number of aromatic nitrogens is 4. The van der Waals surface area contributed by atoms with Crippen molar-refractivity contribution in [1.29, 1.82) is 0 Å². The highest BCUT2D eigenvalue weighted by Gasteiger charge is 2.15. The number of halogens is 2. The van der Waals surface area contributed by atoms with Crippen LogP contribution in [-0.4, -0.2) is 50.2 Å². The summed E-state index contributed by atoms with van der Waals surface area (Å²) in [6.45, 7) is 4.79. The van der Waals surface area contributed by atoms with Gasteiger partial charge in [-0.15, -0.1) is 24.8 Å². The molecule has 2 rings (SSSR count). The third kappa shape index (κ3) is 5.74. The van der Waals surface area contributed by atoms with Crippen molar-refractivity contribution in [1.82, 2.24) is 24.6 Å². The standard InChI is InChI=1S/C15H22N6O.2ClH/c1-11(2)13(16)6-7-20(3)15(22)12-4-5-14(18-8-12)21-10-17-9-19-21;;/h4-5,8-11,13H,6-7,16H2,1-3H3;2*1H. The third-order valence-corrected chi connectivity index (χ3v) is 3.65. The molecule has 1 amide bonds. The molecule has 2 heterocycles. The molecule has 1 atom stereocenters. The minimum atomic E-state index is -0.0615. The molecule has 0 saturated carbocycles. The topological polar surface area (TPSA) is 89.9 Å². The van der Waals surface area contributed by atoms with Crippen LogP contribution in [0.15, 0.2) is 31.0 Å². The van der Waals surface area contributed by atoms with Crippen LogP contribution in [0.4, 0.5) is 0 Å². The molecule has 0 aliphatic heterocycles. The Morgan fingerprint density at radius 3 is 2.54 bits per heavy atom. The molecule has 0 bridgehead atoms. The average molecular weight is 375 g/mol. The monoisotopic (exact) mass is 374 g/mol. The molecule has 134 valence electrons. The molecule has 0 aromatic carbocycles. The van der Waals surface area contributed by atoms with E-state index in [0.717, 1.165) is 6.42 Å². The summed E-state index contributed by atoms with van der Waals surface area (Å²) in [4.78, 5) is 22.1. The number of hydrogen-bond donors (Lipinski definition) is 1. The zero-order valence-electron chi connectivity index (χ0n) is 14.0. The van der Waals surface area contributed by atoms with Crippen LogP contribution in [0.5, 0.6) is 0 Å². The van der Waals surface area contributed by atoms with E-state index in [-0.39, 0.29) is 36.8 Å². The van der Waals surface area contributed by atoms with E-state index < -0.39 is 0 Å². The fourth-order valence-corrected chi connectivity index (χ4v) is 1.97. The van der Waals surface area contributed by atoms with Crippen LogP contribution >= 0.6 is 24.8 Å². The molecular weight excluding hydrogens is 351 g/mol. The molecule has 2 aromatic heterocycles. The largest absolute Gasteiger partial charge is 0.342 e. The van der Waals surface area contributed by atoms with Crippen molar-refractivity contribution in [2.24, 2.45) is 11.7 Å². The zero-order valence-corrected chi connectivity index (χ0v) is 15.6. The first-order chi connectivity index (χ1) is 10.5. The van der Waals surface area contributed by atoms with E-state index in [4.69, 9.17) is 5.73 Å². The van der Waals surface area contributed by atoms with Crippen LogP contribution in [0.2, 0.25) is 0 Å². The summed E-state index contributed by atoms with van der Waals surface area (Å²) in [7, 11) is 1.78. The lowest BCUT2D eigenvalue weighted by molar-refractivity contribution is 0.0789. The first kappa shape index (κ1) is 22.3. The number of pyridine rings is 1. The molecule has 1 unspecified atom stereocenters. The van der Waals surface area contributed by atoms with Crippen LogP contribution in [0.1, 0.15) is 30.6 Å². The van der Waals surface area contributed by atoms with Gasteiger partial charge < -0.3 is 10.6 Å². The normalized spacial score (nSPS) is 11.4. The summed E-state index contributed by atoms with van der Waals surface area (Å²) in [5.41, 5.74) is 6.56. The first-order valence-corrected chi connectivity index (χ1v) is 7.31. The number of carbonyl (C=O) groups excluding carboxylic acids is 1. The van der Waals surface area contributed by atoms with Crippen molar-refractivity contribution >= 4 is 30.7 Å². The molecule has 0 fully saturated rings. The van der Waals surface area contributed by atoms with Crippen LogP contribution in [0.3, 0.4) is 0 Å². The fourth-order valence-electron chi connectivity index (χ4n) is 1.97. The lowest BCUT2D eigenvalue weighted by atomic mass is 10.0. The summed E-state index contributed by atoms with van der Waals surface area (Å²) in [5, 5.41) is 4.00. The Morgan fingerprint density at radius 1 is 1.33 bits per heavy atom. The molecular formula is C15H24Cl2N6O. The van der Waals surface area contributed by atoms with Gasteiger partial charge >= 0.3 is 0 Å². The van der Waals surface area contributed by atoms with E-state index >= 15 is 0 Å². The van der Waals surface area contributed by atoms with Gasteiger partial charge in [0.1, 0.15) is 12.7 Å². The number of nitrogens with zero attached hydrogens (tertiary/aromatic N) is 5. The Hall–Kier alpha value is -1.70. The number of carbonyl (C=O) groups is 1. The molecule has 0 aliphatic rings. The van der Waals surface area contributed by atoms with Crippen molar-refractivity contribution in [2.45, 2.75) is 26.3 Å². The third-order valence-electron chi connectivity index (χ3n) is 3.65. The van der Waals surface area contributed by atoms with Crippen LogP contribution < -0.4 is 5.73 Å². The molecule has 0 aliphatic carbocycles. The number of amides is 1. The molecule has 2 aromatic rings. The second-order valence-corrected chi connectivity index (χ2v) is 5.67. The van der Waals surface area contributed by atoms with Gasteiger partial charge in [-0.05, 0) is 24.5 Å². The van der Waals surface area contributed by atoms with E-state index in [1.807, 2.05) is 0 Å². The summed E-state index contributed by atoms with van der Waals surface area (Å²) in [5.74, 6) is 0.972. The Morgan fingerprint density at radius 2 is 2.04 bits per heavy atom. The van der Waals surface area contributed by atoms with Gasteiger partial charge in [0.05, 0.1) is 5.56 Å². The van der Waals surface area contributed by atoms with Crippen molar-refractivity contribution in [3.05, 3.63) is 36.5 Å². The Labute approximate surface area is 154 Å². The fraction of sp³-hybridized carbons (Fsp3) is 0.467. The van der Waals surface area contributed by atoms with Crippen molar-refractivity contribution in [3.63, 3.8) is 0 Å². The highest BCUT2D eigenvalue weighted by Crippen LogP contribution is 2.08. The van der Waals surface area contributed by atoms with Crippen LogP contribution in [-0.2, 0) is 0 Å². The molecule has 24 heavy (non-hydrogen) atoms. The minimum absolute atomic E-state index is 0. The van der Waals surface area contributed by atoms with E-state index in [0.29, 0.717) is 23.8 Å². The summed E-state index contributed by atoms with van der Waals surface area (Å²) in [6, 6.07) is 3.59. The minimum Gasteiger partial charge on any atom is -0.342 e. The van der Waals surface area contributed by atoms with Gasteiger partial charge in [-0.25, -0.2) is 14.6 Å². The SMILES string of the molecule is CC(C)C(N)CCN(C)C(=O)c1ccc(-n2cncn2)nc1.Cl.Cl. The maximum atomic E-state index is 12.3. The molecule has 7 nitrogen and oxygen atoms in total. The van der Waals surface area contributed by atoms with Crippen molar-refractivity contribution in [2.75, 3.05) is 13.6 Å². The molecule has 9 heteroatoms. The average Bonchev–Trinajstić information content (AvgIpc) is 3.06. The van der Waals surface area contributed by atoms with Crippen molar-refractivity contribution in [3.8, 4) is 5.82 Å². The van der Waals surface area contributed by atoms with Gasteiger partial charge in [-0.3, -0.25) is 4.79 Å². The predicted octanol–water partition coefficient (Wildman–Crippen LogP) is 1.95. The summed E-state index contributed by atoms with van der Waals surface area (Å²) in [6.07, 6.45) is 5.33. The Bertz CT molecular complexity index is 603. The summed E-state index contributed by atoms with van der Waals surface area (Å²) >= 11 is 0. The van der Waals surface area contributed by atoms with Crippen molar-refractivity contribution < 1.29 is 4.79 Å². The highest BCUT2D eigenvalue weighted by molar-refractivity contribution is 5.93. The maximum absolute atomic E-state index is 12.3. The number of rotatable bonds is 6. The van der Waals surface area contributed by atoms with E-state index in [9.17, 15) is 4.79 Å². The lowest BCUT2D eigenvalue weighted by Gasteiger charge is -2.21. The molecule has 0 saturated heterocycles. The van der Waals surface area contributed by atoms with E-state index in [1.54, 1.807) is 41.3 Å². The smallest absolute Gasteiger partial charge is 0.255 e. The van der Waals surface area contributed by atoms with Gasteiger partial charge in [0, 0.05) is 25.8 Å². The zero-order chi connectivity index (χ0) is 16.1. The lowest BCUT2D eigenvalue weighted by Crippen LogP contribution is -2.34. The maximum Gasteiger partial charge on any atom is 0.255 e. The Kier molecular flexibility index (Phi) is 9.50. The predicted molar refractivity (Wildman–Crippen MR) is 98.0 cm³/mol. The summed E-state index contributed by atoms with van der Waals surface area (Å²) < 4.78 is 1.54. The van der Waals surface area contributed by atoms with Gasteiger partial charge in [0.15, 0.2) is 5.82 Å². The van der Waals surface area contributed by atoms with Gasteiger partial charge in [-0.2, -0.15) is 5.10 Å². The quantitative estimate of drug-likeness (QED) is 0.834. The number of hydrogen-bond acceptors (Lipinski definition) is 5. The first-order valence-electron chi connectivity index (χ1n) is 7.31. The molecule has 0 spiro atoms. The van der Waals surface area contributed by atoms with Crippen LogP contribution in [0.25, 0.3) is 5.82 Å². The van der Waals surface area contributed by atoms with E-state index in [1.165, 1.54) is 6.33 Å². The van der Waals surface area contributed by atoms with Crippen LogP contribution in [0, 0.1) is 5.92 Å². The van der Waals surface area contributed by atoms with Gasteiger partial charge in [0.25, 0.3) is 5.91 Å². The Balaban J connectivity index is 0.00000264. The van der Waals surface area contributed by atoms with Gasteiger partial charge in [0.2, 0.25) is 0 Å². The molecule has 0 radical (unpaired) electrons. The molecule has 2 N–H and O–H groups in total. The second-order valence-electron chi connectivity index (χ2n) is 5.67. The van der Waals surface area contributed by atoms with Gasteiger partial charge in [-0.1, -0.05) is 13.8 Å². The van der Waals surface area contributed by atoms with E-state index in [2.05, 4.69) is 28.9 Å². The highest BCUT2D eigenvalue weighted by atomic mass is 35.5. The number of nitrogens with two attached hydrogens (primary N) is 1.